The summed E-state index contributed by atoms with van der Waals surface area (Å²) < 4.78 is 42.7. The topological polar surface area (TPSA) is 55.4 Å². The molecule has 1 N–H and O–H groups in total. The molecule has 116 valence electrons. The van der Waals surface area contributed by atoms with Gasteiger partial charge in [0, 0.05) is 16.6 Å². The van der Waals surface area contributed by atoms with E-state index in [0.717, 1.165) is 12.1 Å². The number of ether oxygens (including phenoxy) is 1. The molecule has 0 fully saturated rings. The SMILES string of the molecule is CCOC(=O)CCNC(=O)c1ccc(Br)c(C(F)(F)F)c1. The number of rotatable bonds is 5. The smallest absolute Gasteiger partial charge is 0.417 e. The van der Waals surface area contributed by atoms with Crippen molar-refractivity contribution in [3.63, 3.8) is 0 Å². The summed E-state index contributed by atoms with van der Waals surface area (Å²) in [5.41, 5.74) is -1.06. The first-order valence-corrected chi connectivity index (χ1v) is 6.85. The Morgan fingerprint density at radius 2 is 2.00 bits per heavy atom. The molecule has 0 aliphatic carbocycles. The van der Waals surface area contributed by atoms with E-state index in [2.05, 4.69) is 26.0 Å². The number of carbonyl (C=O) groups is 2. The zero-order valence-corrected chi connectivity index (χ0v) is 12.7. The Kier molecular flexibility index (Phi) is 6.19. The van der Waals surface area contributed by atoms with Crippen LogP contribution in [-0.2, 0) is 15.7 Å². The third kappa shape index (κ3) is 5.37. The number of nitrogens with one attached hydrogen (secondary N) is 1. The van der Waals surface area contributed by atoms with Gasteiger partial charge in [-0.15, -0.1) is 0 Å². The molecule has 0 saturated heterocycles. The number of alkyl halides is 3. The van der Waals surface area contributed by atoms with Crippen LogP contribution < -0.4 is 5.32 Å². The number of carbonyl (C=O) groups excluding carboxylic acids is 2. The van der Waals surface area contributed by atoms with Crippen LogP contribution in [0.15, 0.2) is 22.7 Å². The number of hydrogen-bond donors (Lipinski definition) is 1. The Bertz CT molecular complexity index is 532. The number of halogens is 4. The van der Waals surface area contributed by atoms with Gasteiger partial charge < -0.3 is 10.1 Å². The molecule has 0 aliphatic rings. The van der Waals surface area contributed by atoms with E-state index in [1.54, 1.807) is 6.92 Å². The molecule has 0 unspecified atom stereocenters. The van der Waals surface area contributed by atoms with E-state index < -0.39 is 23.6 Å². The van der Waals surface area contributed by atoms with Crippen molar-refractivity contribution >= 4 is 27.8 Å². The van der Waals surface area contributed by atoms with E-state index in [1.165, 1.54) is 6.07 Å². The molecule has 0 bridgehead atoms. The Hall–Kier alpha value is -1.57. The van der Waals surface area contributed by atoms with Crippen molar-refractivity contribution in [2.45, 2.75) is 19.5 Å². The van der Waals surface area contributed by atoms with Gasteiger partial charge in [-0.1, -0.05) is 15.9 Å². The van der Waals surface area contributed by atoms with Crippen molar-refractivity contribution in [3.8, 4) is 0 Å². The van der Waals surface area contributed by atoms with Gasteiger partial charge in [0.15, 0.2) is 0 Å². The highest BCUT2D eigenvalue weighted by Gasteiger charge is 2.33. The summed E-state index contributed by atoms with van der Waals surface area (Å²) in [6, 6.07) is 3.17. The molecule has 0 radical (unpaired) electrons. The van der Waals surface area contributed by atoms with Gasteiger partial charge in [0.25, 0.3) is 5.91 Å². The average Bonchev–Trinajstić information content (AvgIpc) is 2.38. The number of benzene rings is 1. The van der Waals surface area contributed by atoms with Crippen molar-refractivity contribution < 1.29 is 27.5 Å². The van der Waals surface area contributed by atoms with Crippen LogP contribution in [-0.4, -0.2) is 25.0 Å². The minimum absolute atomic E-state index is 0.00488. The van der Waals surface area contributed by atoms with Crippen molar-refractivity contribution in [3.05, 3.63) is 33.8 Å². The van der Waals surface area contributed by atoms with Crippen molar-refractivity contribution in [2.24, 2.45) is 0 Å². The van der Waals surface area contributed by atoms with E-state index in [0.29, 0.717) is 0 Å². The number of amides is 1. The fourth-order valence-electron chi connectivity index (χ4n) is 1.50. The van der Waals surface area contributed by atoms with Gasteiger partial charge in [-0.3, -0.25) is 9.59 Å². The molecule has 21 heavy (non-hydrogen) atoms. The molecule has 0 aromatic heterocycles. The first kappa shape index (κ1) is 17.5. The van der Waals surface area contributed by atoms with Crippen molar-refractivity contribution in [1.82, 2.24) is 5.32 Å². The maximum atomic E-state index is 12.7. The first-order chi connectivity index (χ1) is 9.75. The maximum absolute atomic E-state index is 12.7. The molecule has 1 amide bonds. The summed E-state index contributed by atoms with van der Waals surface area (Å²) in [6.45, 7) is 1.88. The van der Waals surface area contributed by atoms with Crippen LogP contribution in [0.3, 0.4) is 0 Å². The van der Waals surface area contributed by atoms with Gasteiger partial charge in [-0.25, -0.2) is 0 Å². The quantitative estimate of drug-likeness (QED) is 0.813. The van der Waals surface area contributed by atoms with Gasteiger partial charge in [0.05, 0.1) is 18.6 Å². The molecule has 4 nitrogen and oxygen atoms in total. The monoisotopic (exact) mass is 367 g/mol. The summed E-state index contributed by atoms with van der Waals surface area (Å²) in [5.74, 6) is -1.16. The number of esters is 1. The molecular weight excluding hydrogens is 355 g/mol. The fraction of sp³-hybridized carbons (Fsp3) is 0.385. The van der Waals surface area contributed by atoms with Crippen molar-refractivity contribution in [1.29, 1.82) is 0 Å². The lowest BCUT2D eigenvalue weighted by Crippen LogP contribution is -2.27. The molecule has 8 heteroatoms. The standard InChI is InChI=1S/C13H13BrF3NO3/c1-2-21-11(19)5-6-18-12(20)8-3-4-10(14)9(7-8)13(15,16)17/h3-4,7H,2,5-6H2,1H3,(H,18,20). The summed E-state index contributed by atoms with van der Waals surface area (Å²) >= 11 is 2.79. The minimum Gasteiger partial charge on any atom is -0.466 e. The second-order valence-electron chi connectivity index (χ2n) is 4.00. The fourth-order valence-corrected chi connectivity index (χ4v) is 1.97. The Morgan fingerprint density at radius 3 is 2.57 bits per heavy atom. The molecule has 1 aromatic carbocycles. The summed E-state index contributed by atoms with van der Waals surface area (Å²) in [5, 5.41) is 2.36. The van der Waals surface area contributed by atoms with E-state index in [1.807, 2.05) is 0 Å². The highest BCUT2D eigenvalue weighted by atomic mass is 79.9. The zero-order valence-electron chi connectivity index (χ0n) is 11.1. The molecular formula is C13H13BrF3NO3. The van der Waals surface area contributed by atoms with Crippen LogP contribution in [0.5, 0.6) is 0 Å². The highest BCUT2D eigenvalue weighted by Crippen LogP contribution is 2.35. The highest BCUT2D eigenvalue weighted by molar-refractivity contribution is 9.10. The van der Waals surface area contributed by atoms with E-state index in [-0.39, 0.29) is 29.6 Å². The van der Waals surface area contributed by atoms with Crippen LogP contribution >= 0.6 is 15.9 Å². The minimum atomic E-state index is -4.56. The van der Waals surface area contributed by atoms with E-state index >= 15 is 0 Å². The van der Waals surface area contributed by atoms with Crippen LogP contribution in [0.25, 0.3) is 0 Å². The lowest BCUT2D eigenvalue weighted by atomic mass is 10.1. The van der Waals surface area contributed by atoms with Gasteiger partial charge in [0.1, 0.15) is 0 Å². The summed E-state index contributed by atoms with van der Waals surface area (Å²) in [7, 11) is 0. The molecule has 0 aliphatic heterocycles. The molecule has 1 aromatic rings. The first-order valence-electron chi connectivity index (χ1n) is 6.06. The largest absolute Gasteiger partial charge is 0.466 e. The van der Waals surface area contributed by atoms with Gasteiger partial charge in [0.2, 0.25) is 0 Å². The molecule has 1 rings (SSSR count). The second kappa shape index (κ2) is 7.44. The van der Waals surface area contributed by atoms with Gasteiger partial charge in [-0.05, 0) is 25.1 Å². The third-order valence-electron chi connectivity index (χ3n) is 2.45. The normalized spacial score (nSPS) is 11.1. The third-order valence-corrected chi connectivity index (χ3v) is 3.15. The lowest BCUT2D eigenvalue weighted by molar-refractivity contribution is -0.143. The molecule has 0 heterocycles. The van der Waals surface area contributed by atoms with Crippen LogP contribution in [0.1, 0.15) is 29.3 Å². The molecule has 0 spiro atoms. The van der Waals surface area contributed by atoms with Crippen LogP contribution in [0.2, 0.25) is 0 Å². The predicted octanol–water partition coefficient (Wildman–Crippen LogP) is 3.15. The zero-order chi connectivity index (χ0) is 16.0. The summed E-state index contributed by atoms with van der Waals surface area (Å²) in [6.07, 6.45) is -4.59. The summed E-state index contributed by atoms with van der Waals surface area (Å²) in [4.78, 5) is 22.8. The Morgan fingerprint density at radius 1 is 1.33 bits per heavy atom. The number of hydrogen-bond acceptors (Lipinski definition) is 3. The van der Waals surface area contributed by atoms with Gasteiger partial charge >= 0.3 is 12.1 Å². The molecule has 0 saturated carbocycles. The molecule has 0 atom stereocenters. The lowest BCUT2D eigenvalue weighted by Gasteiger charge is -2.11. The van der Waals surface area contributed by atoms with Crippen LogP contribution in [0.4, 0.5) is 13.2 Å². The predicted molar refractivity (Wildman–Crippen MR) is 72.7 cm³/mol. The average molecular weight is 368 g/mol. The maximum Gasteiger partial charge on any atom is 0.417 e. The van der Waals surface area contributed by atoms with Gasteiger partial charge in [-0.2, -0.15) is 13.2 Å². The van der Waals surface area contributed by atoms with Crippen LogP contribution in [0, 0.1) is 0 Å². The Balaban J connectivity index is 2.69. The van der Waals surface area contributed by atoms with E-state index in [4.69, 9.17) is 0 Å². The Labute approximate surface area is 127 Å². The van der Waals surface area contributed by atoms with Crippen molar-refractivity contribution in [2.75, 3.05) is 13.2 Å². The second-order valence-corrected chi connectivity index (χ2v) is 4.86. The van der Waals surface area contributed by atoms with E-state index in [9.17, 15) is 22.8 Å².